The molecular weight excluding hydrogens is 362 g/mol. The van der Waals surface area contributed by atoms with Gasteiger partial charge in [-0.2, -0.15) is 0 Å². The average molecular weight is 383 g/mol. The van der Waals surface area contributed by atoms with E-state index in [0.29, 0.717) is 11.5 Å². The van der Waals surface area contributed by atoms with Crippen molar-refractivity contribution in [3.8, 4) is 22.2 Å². The third kappa shape index (κ3) is 4.62. The van der Waals surface area contributed by atoms with Crippen LogP contribution in [0.4, 0.5) is 0 Å². The standard InChI is InChI=1S/C20H21N3O3S/c1-13(16-11-15(25-2)7-8-18(16)26-3)22-19(24)10-14-12-27-20(23-14)17-6-4-5-9-21-17/h4-9,11-13H,10H2,1-3H3,(H,22,24)/t13-/m0/s1. The van der Waals surface area contributed by atoms with Gasteiger partial charge < -0.3 is 14.8 Å². The fourth-order valence-corrected chi connectivity index (χ4v) is 3.50. The largest absolute Gasteiger partial charge is 0.497 e. The molecule has 0 aliphatic heterocycles. The first-order valence-corrected chi connectivity index (χ1v) is 9.35. The van der Waals surface area contributed by atoms with Crippen LogP contribution in [0.5, 0.6) is 11.5 Å². The molecule has 0 bridgehead atoms. The number of nitrogens with one attached hydrogen (secondary N) is 1. The fraction of sp³-hybridized carbons (Fsp3) is 0.250. The summed E-state index contributed by atoms with van der Waals surface area (Å²) in [5.41, 5.74) is 2.39. The molecule has 0 aliphatic rings. The number of thiazole rings is 1. The Morgan fingerprint density at radius 3 is 2.78 bits per heavy atom. The van der Waals surface area contributed by atoms with Gasteiger partial charge in [0.05, 0.1) is 38.1 Å². The lowest BCUT2D eigenvalue weighted by Crippen LogP contribution is -2.28. The zero-order valence-electron chi connectivity index (χ0n) is 15.4. The summed E-state index contributed by atoms with van der Waals surface area (Å²) in [7, 11) is 3.21. The number of hydrogen-bond acceptors (Lipinski definition) is 6. The molecule has 0 radical (unpaired) electrons. The lowest BCUT2D eigenvalue weighted by Gasteiger charge is -2.18. The number of aromatic nitrogens is 2. The molecule has 140 valence electrons. The van der Waals surface area contributed by atoms with E-state index >= 15 is 0 Å². The third-order valence-corrected chi connectivity index (χ3v) is 4.97. The van der Waals surface area contributed by atoms with Gasteiger partial charge in [-0.3, -0.25) is 9.78 Å². The van der Waals surface area contributed by atoms with Crippen molar-refractivity contribution < 1.29 is 14.3 Å². The van der Waals surface area contributed by atoms with Crippen molar-refractivity contribution in [3.63, 3.8) is 0 Å². The smallest absolute Gasteiger partial charge is 0.226 e. The SMILES string of the molecule is COc1ccc(OC)c([C@H](C)NC(=O)Cc2csc(-c3ccccn3)n2)c1. The first kappa shape index (κ1) is 18.8. The van der Waals surface area contributed by atoms with E-state index in [9.17, 15) is 4.79 Å². The van der Waals surface area contributed by atoms with Gasteiger partial charge in [0.15, 0.2) is 0 Å². The van der Waals surface area contributed by atoms with E-state index in [0.717, 1.165) is 22.0 Å². The van der Waals surface area contributed by atoms with E-state index < -0.39 is 0 Å². The number of pyridine rings is 1. The molecule has 27 heavy (non-hydrogen) atoms. The second-order valence-electron chi connectivity index (χ2n) is 5.93. The second-order valence-corrected chi connectivity index (χ2v) is 6.79. The summed E-state index contributed by atoms with van der Waals surface area (Å²) in [4.78, 5) is 21.3. The topological polar surface area (TPSA) is 73.3 Å². The second kappa shape index (κ2) is 8.64. The molecule has 1 N–H and O–H groups in total. The van der Waals surface area contributed by atoms with E-state index in [1.807, 2.05) is 48.7 Å². The molecule has 0 saturated carbocycles. The predicted molar refractivity (Wildman–Crippen MR) is 105 cm³/mol. The third-order valence-electron chi connectivity index (χ3n) is 4.06. The molecule has 2 heterocycles. The van der Waals surface area contributed by atoms with E-state index in [1.165, 1.54) is 11.3 Å². The first-order chi connectivity index (χ1) is 13.1. The van der Waals surface area contributed by atoms with E-state index in [-0.39, 0.29) is 18.4 Å². The van der Waals surface area contributed by atoms with E-state index in [1.54, 1.807) is 20.4 Å². The molecule has 3 rings (SSSR count). The van der Waals surface area contributed by atoms with Gasteiger partial charge in [0.2, 0.25) is 5.91 Å². The molecule has 6 nitrogen and oxygen atoms in total. The highest BCUT2D eigenvalue weighted by molar-refractivity contribution is 7.13. The molecule has 3 aromatic rings. The number of carbonyl (C=O) groups is 1. The highest BCUT2D eigenvalue weighted by Gasteiger charge is 2.16. The van der Waals surface area contributed by atoms with Crippen LogP contribution in [0.15, 0.2) is 48.0 Å². The molecule has 1 amide bonds. The first-order valence-electron chi connectivity index (χ1n) is 8.47. The fourth-order valence-electron chi connectivity index (χ4n) is 2.71. The monoisotopic (exact) mass is 383 g/mol. The minimum Gasteiger partial charge on any atom is -0.497 e. The summed E-state index contributed by atoms with van der Waals surface area (Å²) in [6.07, 6.45) is 1.94. The molecule has 0 fully saturated rings. The van der Waals surface area contributed by atoms with Crippen LogP contribution in [-0.2, 0) is 11.2 Å². The Balaban J connectivity index is 1.67. The van der Waals surface area contributed by atoms with Gasteiger partial charge in [-0.05, 0) is 37.3 Å². The number of benzene rings is 1. The van der Waals surface area contributed by atoms with Crippen molar-refractivity contribution >= 4 is 17.2 Å². The molecule has 0 saturated heterocycles. The quantitative estimate of drug-likeness (QED) is 0.674. The van der Waals surface area contributed by atoms with Crippen LogP contribution in [0.3, 0.4) is 0 Å². The van der Waals surface area contributed by atoms with Gasteiger partial charge in [0, 0.05) is 17.1 Å². The molecule has 2 aromatic heterocycles. The Bertz CT molecular complexity index is 912. The van der Waals surface area contributed by atoms with Crippen molar-refractivity contribution in [1.82, 2.24) is 15.3 Å². The van der Waals surface area contributed by atoms with Crippen LogP contribution in [0, 0.1) is 0 Å². The zero-order valence-corrected chi connectivity index (χ0v) is 16.2. The number of ether oxygens (including phenoxy) is 2. The van der Waals surface area contributed by atoms with Gasteiger partial charge in [-0.25, -0.2) is 4.98 Å². The average Bonchev–Trinajstić information content (AvgIpc) is 3.16. The van der Waals surface area contributed by atoms with Gasteiger partial charge in [0.25, 0.3) is 0 Å². The highest BCUT2D eigenvalue weighted by atomic mass is 32.1. The van der Waals surface area contributed by atoms with Crippen molar-refractivity contribution in [3.05, 3.63) is 59.2 Å². The zero-order chi connectivity index (χ0) is 19.2. The number of hydrogen-bond donors (Lipinski definition) is 1. The van der Waals surface area contributed by atoms with Gasteiger partial charge in [-0.1, -0.05) is 6.07 Å². The summed E-state index contributed by atoms with van der Waals surface area (Å²) in [5.74, 6) is 1.31. The van der Waals surface area contributed by atoms with Crippen LogP contribution in [0.25, 0.3) is 10.7 Å². The maximum atomic E-state index is 12.5. The number of amides is 1. The van der Waals surface area contributed by atoms with Crippen molar-refractivity contribution in [2.24, 2.45) is 0 Å². The van der Waals surface area contributed by atoms with E-state index in [4.69, 9.17) is 9.47 Å². The minimum atomic E-state index is -0.226. The van der Waals surface area contributed by atoms with Gasteiger partial charge in [0.1, 0.15) is 16.5 Å². The minimum absolute atomic E-state index is 0.106. The molecule has 0 unspecified atom stereocenters. The Hall–Kier alpha value is -2.93. The molecule has 1 aromatic carbocycles. The number of methoxy groups -OCH3 is 2. The predicted octanol–water partition coefficient (Wildman–Crippen LogP) is 3.64. The van der Waals surface area contributed by atoms with E-state index in [2.05, 4.69) is 15.3 Å². The molecular formula is C20H21N3O3S. The van der Waals surface area contributed by atoms with Crippen molar-refractivity contribution in [2.45, 2.75) is 19.4 Å². The molecule has 0 spiro atoms. The van der Waals surface area contributed by atoms with Crippen LogP contribution in [-0.4, -0.2) is 30.1 Å². The van der Waals surface area contributed by atoms with Gasteiger partial charge in [-0.15, -0.1) is 11.3 Å². The van der Waals surface area contributed by atoms with Crippen LogP contribution >= 0.6 is 11.3 Å². The number of nitrogens with zero attached hydrogens (tertiary/aromatic N) is 2. The highest BCUT2D eigenvalue weighted by Crippen LogP contribution is 2.29. The Morgan fingerprint density at radius 1 is 1.22 bits per heavy atom. The van der Waals surface area contributed by atoms with Crippen LogP contribution < -0.4 is 14.8 Å². The van der Waals surface area contributed by atoms with Gasteiger partial charge >= 0.3 is 0 Å². The maximum Gasteiger partial charge on any atom is 0.226 e. The van der Waals surface area contributed by atoms with Crippen molar-refractivity contribution in [1.29, 1.82) is 0 Å². The lowest BCUT2D eigenvalue weighted by molar-refractivity contribution is -0.121. The summed E-state index contributed by atoms with van der Waals surface area (Å²) >= 11 is 1.48. The lowest BCUT2D eigenvalue weighted by atomic mass is 10.1. The Kier molecular flexibility index (Phi) is 6.03. The number of rotatable bonds is 7. The maximum absolute atomic E-state index is 12.5. The summed E-state index contributed by atoms with van der Waals surface area (Å²) in [5, 5.41) is 5.69. The molecule has 7 heteroatoms. The Morgan fingerprint density at radius 2 is 2.07 bits per heavy atom. The Labute approximate surface area is 162 Å². The summed E-state index contributed by atoms with van der Waals surface area (Å²) in [6, 6.07) is 11.0. The van der Waals surface area contributed by atoms with Crippen molar-refractivity contribution in [2.75, 3.05) is 14.2 Å². The van der Waals surface area contributed by atoms with Crippen LogP contribution in [0.1, 0.15) is 24.2 Å². The normalized spacial score (nSPS) is 11.7. The number of carbonyl (C=O) groups excluding carboxylic acids is 1. The van der Waals surface area contributed by atoms with Crippen LogP contribution in [0.2, 0.25) is 0 Å². The molecule has 1 atom stereocenters. The molecule has 0 aliphatic carbocycles. The summed E-state index contributed by atoms with van der Waals surface area (Å²) < 4.78 is 10.7. The summed E-state index contributed by atoms with van der Waals surface area (Å²) in [6.45, 7) is 1.91.